The van der Waals surface area contributed by atoms with E-state index >= 15 is 0 Å². The van der Waals surface area contributed by atoms with Crippen LogP contribution in [0.2, 0.25) is 0 Å². The van der Waals surface area contributed by atoms with E-state index < -0.39 is 0 Å². The van der Waals surface area contributed by atoms with Gasteiger partial charge >= 0.3 is 0 Å². The summed E-state index contributed by atoms with van der Waals surface area (Å²) in [5.74, 6) is 1.70. The van der Waals surface area contributed by atoms with Crippen LogP contribution in [0.15, 0.2) is 53.5 Å². The van der Waals surface area contributed by atoms with Gasteiger partial charge in [0.25, 0.3) is 0 Å². The van der Waals surface area contributed by atoms with Crippen molar-refractivity contribution >= 4 is 29.9 Å². The summed E-state index contributed by atoms with van der Waals surface area (Å²) in [6, 6.07) is 16.7. The highest BCUT2D eigenvalue weighted by atomic mass is 127. The molecule has 164 valence electrons. The molecule has 1 aliphatic heterocycles. The first kappa shape index (κ1) is 24.5. The number of benzene rings is 2. The fourth-order valence-electron chi connectivity index (χ4n) is 4.06. The summed E-state index contributed by atoms with van der Waals surface area (Å²) in [4.78, 5) is 4.81. The molecule has 0 unspecified atom stereocenters. The molecule has 0 amide bonds. The van der Waals surface area contributed by atoms with Gasteiger partial charge in [0.05, 0.1) is 13.7 Å². The minimum absolute atomic E-state index is 0. The number of methoxy groups -OCH3 is 1. The van der Waals surface area contributed by atoms with E-state index in [1.54, 1.807) is 7.11 Å². The molecule has 2 aromatic carbocycles. The summed E-state index contributed by atoms with van der Waals surface area (Å²) in [6.07, 6.45) is 2.02. The molecule has 1 heterocycles. The molecule has 0 aromatic heterocycles. The number of aryl methyl sites for hydroxylation is 1. The van der Waals surface area contributed by atoms with Crippen LogP contribution in [0.1, 0.15) is 36.5 Å². The average Bonchev–Trinajstić information content (AvgIpc) is 2.77. The van der Waals surface area contributed by atoms with E-state index in [-0.39, 0.29) is 29.4 Å². The van der Waals surface area contributed by atoms with Crippen molar-refractivity contribution in [1.29, 1.82) is 0 Å². The molecule has 0 spiro atoms. The van der Waals surface area contributed by atoms with E-state index in [9.17, 15) is 0 Å². The van der Waals surface area contributed by atoms with Gasteiger partial charge in [0.1, 0.15) is 5.75 Å². The van der Waals surface area contributed by atoms with Gasteiger partial charge in [0.2, 0.25) is 0 Å². The Kier molecular flexibility index (Phi) is 9.91. The molecule has 1 saturated heterocycles. The Labute approximate surface area is 197 Å². The van der Waals surface area contributed by atoms with E-state index in [0.29, 0.717) is 6.54 Å². The summed E-state index contributed by atoms with van der Waals surface area (Å²) >= 11 is 0. The summed E-state index contributed by atoms with van der Waals surface area (Å²) in [7, 11) is 1.70. The van der Waals surface area contributed by atoms with Crippen molar-refractivity contribution < 1.29 is 9.47 Å². The van der Waals surface area contributed by atoms with Crippen LogP contribution in [0.3, 0.4) is 0 Å². The number of halogens is 1. The largest absolute Gasteiger partial charge is 0.496 e. The minimum Gasteiger partial charge on any atom is -0.496 e. The maximum atomic E-state index is 5.68. The zero-order chi connectivity index (χ0) is 20.5. The number of rotatable bonds is 7. The Morgan fingerprint density at radius 1 is 1.07 bits per heavy atom. The topological polar surface area (TPSA) is 54.9 Å². The first-order valence-corrected chi connectivity index (χ1v) is 10.5. The SMILES string of the molecule is CCNC(=NCc1ccccc1OC)NCC1(c2ccccc2C)CCOCC1.I. The summed E-state index contributed by atoms with van der Waals surface area (Å²) < 4.78 is 11.1. The third-order valence-corrected chi connectivity index (χ3v) is 5.70. The standard InChI is InChI=1S/C24H33N3O2.HI/c1-4-25-23(26-17-20-10-6-8-12-22(20)28-3)27-18-24(13-15-29-16-14-24)21-11-7-5-9-19(21)2;/h5-12H,4,13-18H2,1-3H3,(H2,25,26,27);1H. The van der Waals surface area contributed by atoms with Gasteiger partial charge in [-0.15, -0.1) is 24.0 Å². The van der Waals surface area contributed by atoms with Gasteiger partial charge < -0.3 is 20.1 Å². The molecule has 0 radical (unpaired) electrons. The summed E-state index contributed by atoms with van der Waals surface area (Å²) in [5, 5.41) is 6.99. The average molecular weight is 523 g/mol. The van der Waals surface area contributed by atoms with Gasteiger partial charge in [-0.3, -0.25) is 0 Å². The number of aliphatic imine (C=N–C) groups is 1. The summed E-state index contributed by atoms with van der Waals surface area (Å²) in [6.45, 7) is 8.10. The molecule has 3 rings (SSSR count). The lowest BCUT2D eigenvalue weighted by Gasteiger charge is -2.39. The van der Waals surface area contributed by atoms with Gasteiger partial charge in [0, 0.05) is 37.3 Å². The summed E-state index contributed by atoms with van der Waals surface area (Å²) in [5.41, 5.74) is 3.89. The maximum absolute atomic E-state index is 5.68. The molecule has 2 N–H and O–H groups in total. The van der Waals surface area contributed by atoms with Crippen LogP contribution in [0.5, 0.6) is 5.75 Å². The first-order chi connectivity index (χ1) is 14.2. The molecule has 2 aromatic rings. The smallest absolute Gasteiger partial charge is 0.191 e. The van der Waals surface area contributed by atoms with Gasteiger partial charge in [-0.1, -0.05) is 42.5 Å². The monoisotopic (exact) mass is 523 g/mol. The van der Waals surface area contributed by atoms with Crippen LogP contribution in [0.25, 0.3) is 0 Å². The number of hydrogen-bond donors (Lipinski definition) is 2. The lowest BCUT2D eigenvalue weighted by Crippen LogP contribution is -2.48. The molecule has 0 bridgehead atoms. The van der Waals surface area contributed by atoms with Crippen molar-refractivity contribution in [2.24, 2.45) is 4.99 Å². The van der Waals surface area contributed by atoms with Gasteiger partial charge in [0.15, 0.2) is 5.96 Å². The van der Waals surface area contributed by atoms with E-state index in [0.717, 1.165) is 56.4 Å². The molecule has 1 fully saturated rings. The van der Waals surface area contributed by atoms with E-state index in [1.165, 1.54) is 11.1 Å². The lowest BCUT2D eigenvalue weighted by atomic mass is 9.72. The van der Waals surface area contributed by atoms with Gasteiger partial charge in [-0.05, 0) is 43.9 Å². The number of ether oxygens (including phenoxy) is 2. The molecule has 5 nitrogen and oxygen atoms in total. The number of nitrogens with zero attached hydrogens (tertiary/aromatic N) is 1. The van der Waals surface area contributed by atoms with Crippen LogP contribution in [-0.4, -0.2) is 39.4 Å². The normalized spacial score (nSPS) is 15.8. The fourth-order valence-corrected chi connectivity index (χ4v) is 4.06. The van der Waals surface area contributed by atoms with Crippen LogP contribution in [-0.2, 0) is 16.7 Å². The van der Waals surface area contributed by atoms with Crippen molar-refractivity contribution in [3.05, 3.63) is 65.2 Å². The molecule has 30 heavy (non-hydrogen) atoms. The highest BCUT2D eigenvalue weighted by molar-refractivity contribution is 14.0. The molecule has 0 atom stereocenters. The molecular weight excluding hydrogens is 489 g/mol. The second-order valence-electron chi connectivity index (χ2n) is 7.57. The number of hydrogen-bond acceptors (Lipinski definition) is 3. The lowest BCUT2D eigenvalue weighted by molar-refractivity contribution is 0.0512. The zero-order valence-corrected chi connectivity index (χ0v) is 20.6. The van der Waals surface area contributed by atoms with Crippen molar-refractivity contribution in [2.75, 3.05) is 33.4 Å². The predicted octanol–water partition coefficient (Wildman–Crippen LogP) is 4.43. The molecule has 1 aliphatic rings. The van der Waals surface area contributed by atoms with Gasteiger partial charge in [-0.2, -0.15) is 0 Å². The van der Waals surface area contributed by atoms with E-state index in [2.05, 4.69) is 54.8 Å². The van der Waals surface area contributed by atoms with Crippen molar-refractivity contribution in [3.63, 3.8) is 0 Å². The first-order valence-electron chi connectivity index (χ1n) is 10.5. The van der Waals surface area contributed by atoms with Crippen LogP contribution >= 0.6 is 24.0 Å². The highest BCUT2D eigenvalue weighted by Crippen LogP contribution is 2.36. The van der Waals surface area contributed by atoms with Crippen LogP contribution < -0.4 is 15.4 Å². The molecular formula is C24H34IN3O2. The Bertz CT molecular complexity index is 820. The van der Waals surface area contributed by atoms with Crippen molar-refractivity contribution in [1.82, 2.24) is 10.6 Å². The van der Waals surface area contributed by atoms with E-state index in [1.807, 2.05) is 18.2 Å². The van der Waals surface area contributed by atoms with Crippen LogP contribution in [0, 0.1) is 6.92 Å². The van der Waals surface area contributed by atoms with Crippen molar-refractivity contribution in [3.8, 4) is 5.75 Å². The Morgan fingerprint density at radius 3 is 2.47 bits per heavy atom. The molecule has 6 heteroatoms. The number of nitrogens with one attached hydrogen (secondary N) is 2. The Balaban J connectivity index is 0.00000320. The highest BCUT2D eigenvalue weighted by Gasteiger charge is 2.35. The van der Waals surface area contributed by atoms with E-state index in [4.69, 9.17) is 14.5 Å². The number of guanidine groups is 1. The fraction of sp³-hybridized carbons (Fsp3) is 0.458. The maximum Gasteiger partial charge on any atom is 0.191 e. The predicted molar refractivity (Wildman–Crippen MR) is 134 cm³/mol. The quantitative estimate of drug-likeness (QED) is 0.321. The molecule has 0 saturated carbocycles. The Hall–Kier alpha value is -1.80. The number of para-hydroxylation sites is 1. The van der Waals surface area contributed by atoms with Crippen LogP contribution in [0.4, 0.5) is 0 Å². The second kappa shape index (κ2) is 12.2. The Morgan fingerprint density at radius 2 is 1.77 bits per heavy atom. The molecule has 0 aliphatic carbocycles. The zero-order valence-electron chi connectivity index (χ0n) is 18.2. The van der Waals surface area contributed by atoms with Crippen molar-refractivity contribution in [2.45, 2.75) is 38.6 Å². The second-order valence-corrected chi connectivity index (χ2v) is 7.57. The van der Waals surface area contributed by atoms with Gasteiger partial charge in [-0.25, -0.2) is 4.99 Å². The third kappa shape index (κ3) is 6.11. The third-order valence-electron chi connectivity index (χ3n) is 5.70. The minimum atomic E-state index is 0.